The standard InChI is InChI=1S/C15H24N2O/c1-13-5-6-15(14(11-13)12-16)18-10-4-9-17-7-2-3-8-17/h5-6,11H,2-4,7-10,12,16H2,1H3. The smallest absolute Gasteiger partial charge is 0.123 e. The van der Waals surface area contributed by atoms with E-state index in [1.165, 1.54) is 31.5 Å². The summed E-state index contributed by atoms with van der Waals surface area (Å²) in [7, 11) is 0. The van der Waals surface area contributed by atoms with Crippen LogP contribution in [0.2, 0.25) is 0 Å². The second-order valence-electron chi connectivity index (χ2n) is 5.07. The quantitative estimate of drug-likeness (QED) is 0.785. The largest absolute Gasteiger partial charge is 0.493 e. The first-order valence-electron chi connectivity index (χ1n) is 6.94. The van der Waals surface area contributed by atoms with Crippen LogP contribution in [-0.4, -0.2) is 31.1 Å². The van der Waals surface area contributed by atoms with E-state index in [0.717, 1.165) is 30.9 Å². The molecule has 0 aliphatic carbocycles. The van der Waals surface area contributed by atoms with Crippen LogP contribution in [0.5, 0.6) is 5.75 Å². The van der Waals surface area contributed by atoms with Gasteiger partial charge in [-0.1, -0.05) is 17.7 Å². The molecule has 0 aromatic heterocycles. The lowest BCUT2D eigenvalue weighted by Crippen LogP contribution is -2.22. The molecule has 1 aromatic carbocycles. The molecule has 2 N–H and O–H groups in total. The van der Waals surface area contributed by atoms with E-state index in [4.69, 9.17) is 10.5 Å². The molecule has 3 nitrogen and oxygen atoms in total. The zero-order valence-corrected chi connectivity index (χ0v) is 11.3. The number of aryl methyl sites for hydroxylation is 1. The lowest BCUT2D eigenvalue weighted by molar-refractivity contribution is 0.262. The van der Waals surface area contributed by atoms with Gasteiger partial charge in [0.25, 0.3) is 0 Å². The Morgan fingerprint density at radius 3 is 2.78 bits per heavy atom. The number of nitrogens with zero attached hydrogens (tertiary/aromatic N) is 1. The van der Waals surface area contributed by atoms with Crippen LogP contribution in [0.25, 0.3) is 0 Å². The van der Waals surface area contributed by atoms with Gasteiger partial charge in [0, 0.05) is 18.7 Å². The number of benzene rings is 1. The van der Waals surface area contributed by atoms with Gasteiger partial charge in [-0.15, -0.1) is 0 Å². The van der Waals surface area contributed by atoms with E-state index in [1.807, 2.05) is 6.07 Å². The van der Waals surface area contributed by atoms with E-state index >= 15 is 0 Å². The highest BCUT2D eigenvalue weighted by Gasteiger charge is 2.10. The molecule has 1 aromatic rings. The van der Waals surface area contributed by atoms with Crippen molar-refractivity contribution < 1.29 is 4.74 Å². The average molecular weight is 248 g/mol. The van der Waals surface area contributed by atoms with Crippen LogP contribution in [0.1, 0.15) is 30.4 Å². The summed E-state index contributed by atoms with van der Waals surface area (Å²) in [6, 6.07) is 6.22. The van der Waals surface area contributed by atoms with Crippen molar-refractivity contribution in [3.8, 4) is 5.75 Å². The number of nitrogens with two attached hydrogens (primary N) is 1. The maximum absolute atomic E-state index is 5.84. The number of ether oxygens (including phenoxy) is 1. The molecule has 1 saturated heterocycles. The molecule has 1 aliphatic heterocycles. The second-order valence-corrected chi connectivity index (χ2v) is 5.07. The summed E-state index contributed by atoms with van der Waals surface area (Å²) in [5.41, 5.74) is 8.08. The normalized spacial score (nSPS) is 16.1. The van der Waals surface area contributed by atoms with Crippen LogP contribution in [0.3, 0.4) is 0 Å². The average Bonchev–Trinajstić information content (AvgIpc) is 2.89. The first-order chi connectivity index (χ1) is 8.79. The summed E-state index contributed by atoms with van der Waals surface area (Å²) in [6.45, 7) is 7.09. The van der Waals surface area contributed by atoms with E-state index in [0.29, 0.717) is 6.54 Å². The zero-order valence-electron chi connectivity index (χ0n) is 11.3. The van der Waals surface area contributed by atoms with Gasteiger partial charge in [-0.25, -0.2) is 0 Å². The van der Waals surface area contributed by atoms with Crippen LogP contribution >= 0.6 is 0 Å². The summed E-state index contributed by atoms with van der Waals surface area (Å²) >= 11 is 0. The third-order valence-electron chi connectivity index (χ3n) is 3.51. The van der Waals surface area contributed by atoms with Gasteiger partial charge in [-0.05, 0) is 45.3 Å². The van der Waals surface area contributed by atoms with Gasteiger partial charge >= 0.3 is 0 Å². The van der Waals surface area contributed by atoms with E-state index in [9.17, 15) is 0 Å². The van der Waals surface area contributed by atoms with Crippen LogP contribution in [0.15, 0.2) is 18.2 Å². The Morgan fingerprint density at radius 2 is 2.06 bits per heavy atom. The Hall–Kier alpha value is -1.06. The Labute approximate surface area is 110 Å². The van der Waals surface area contributed by atoms with Gasteiger partial charge in [0.1, 0.15) is 5.75 Å². The van der Waals surface area contributed by atoms with E-state index < -0.39 is 0 Å². The number of rotatable bonds is 6. The highest BCUT2D eigenvalue weighted by atomic mass is 16.5. The fourth-order valence-electron chi connectivity index (χ4n) is 2.49. The van der Waals surface area contributed by atoms with Gasteiger partial charge in [-0.3, -0.25) is 0 Å². The zero-order chi connectivity index (χ0) is 12.8. The van der Waals surface area contributed by atoms with Gasteiger partial charge < -0.3 is 15.4 Å². The highest BCUT2D eigenvalue weighted by Crippen LogP contribution is 2.19. The van der Waals surface area contributed by atoms with Gasteiger partial charge in [0.2, 0.25) is 0 Å². The highest BCUT2D eigenvalue weighted by molar-refractivity contribution is 5.36. The summed E-state index contributed by atoms with van der Waals surface area (Å²) in [4.78, 5) is 2.52. The summed E-state index contributed by atoms with van der Waals surface area (Å²) in [5, 5.41) is 0. The molecule has 0 atom stereocenters. The van der Waals surface area contributed by atoms with Crippen LogP contribution < -0.4 is 10.5 Å². The first kappa shape index (κ1) is 13.4. The van der Waals surface area contributed by atoms with Crippen molar-refractivity contribution >= 4 is 0 Å². The van der Waals surface area contributed by atoms with Crippen molar-refractivity contribution in [3.63, 3.8) is 0 Å². The Morgan fingerprint density at radius 1 is 1.28 bits per heavy atom. The second kappa shape index (κ2) is 6.76. The van der Waals surface area contributed by atoms with Crippen LogP contribution in [0, 0.1) is 6.92 Å². The van der Waals surface area contributed by atoms with Gasteiger partial charge in [0.15, 0.2) is 0 Å². The molecule has 0 saturated carbocycles. The molecule has 0 unspecified atom stereocenters. The molecule has 1 heterocycles. The molecule has 100 valence electrons. The van der Waals surface area contributed by atoms with Gasteiger partial charge in [-0.2, -0.15) is 0 Å². The maximum atomic E-state index is 5.84. The van der Waals surface area contributed by atoms with Gasteiger partial charge in [0.05, 0.1) is 6.61 Å². The molecular weight excluding hydrogens is 224 g/mol. The monoisotopic (exact) mass is 248 g/mol. The van der Waals surface area contributed by atoms with Crippen molar-refractivity contribution in [2.45, 2.75) is 32.7 Å². The minimum atomic E-state index is 0.545. The van der Waals surface area contributed by atoms with Crippen LogP contribution in [-0.2, 0) is 6.54 Å². The minimum absolute atomic E-state index is 0.545. The third-order valence-corrected chi connectivity index (χ3v) is 3.51. The number of hydrogen-bond donors (Lipinski definition) is 1. The van der Waals surface area contributed by atoms with Crippen LogP contribution in [0.4, 0.5) is 0 Å². The fourth-order valence-corrected chi connectivity index (χ4v) is 2.49. The molecular formula is C15H24N2O. The van der Waals surface area contributed by atoms with Crippen molar-refractivity contribution in [3.05, 3.63) is 29.3 Å². The maximum Gasteiger partial charge on any atom is 0.123 e. The minimum Gasteiger partial charge on any atom is -0.493 e. The predicted molar refractivity (Wildman–Crippen MR) is 74.9 cm³/mol. The molecule has 0 bridgehead atoms. The number of hydrogen-bond acceptors (Lipinski definition) is 3. The van der Waals surface area contributed by atoms with Crippen molar-refractivity contribution in [1.29, 1.82) is 0 Å². The molecule has 0 amide bonds. The van der Waals surface area contributed by atoms with E-state index in [-0.39, 0.29) is 0 Å². The fraction of sp³-hybridized carbons (Fsp3) is 0.600. The molecule has 0 spiro atoms. The third kappa shape index (κ3) is 3.72. The Kier molecular flexibility index (Phi) is 5.02. The molecule has 2 rings (SSSR count). The van der Waals surface area contributed by atoms with Crippen molar-refractivity contribution in [2.24, 2.45) is 5.73 Å². The lowest BCUT2D eigenvalue weighted by atomic mass is 10.1. The summed E-state index contributed by atoms with van der Waals surface area (Å²) in [5.74, 6) is 0.949. The first-order valence-corrected chi connectivity index (χ1v) is 6.94. The topological polar surface area (TPSA) is 38.5 Å². The van der Waals surface area contributed by atoms with Crippen molar-refractivity contribution in [1.82, 2.24) is 4.90 Å². The molecule has 3 heteroatoms. The van der Waals surface area contributed by atoms with Crippen molar-refractivity contribution in [2.75, 3.05) is 26.2 Å². The Bertz CT molecular complexity index is 373. The molecule has 0 radical (unpaired) electrons. The number of likely N-dealkylation sites (tertiary alicyclic amines) is 1. The predicted octanol–water partition coefficient (Wildman–Crippen LogP) is 2.32. The van der Waals surface area contributed by atoms with E-state index in [2.05, 4.69) is 24.0 Å². The molecule has 1 fully saturated rings. The SMILES string of the molecule is Cc1ccc(OCCCN2CCCC2)c(CN)c1. The molecule has 1 aliphatic rings. The molecule has 18 heavy (non-hydrogen) atoms. The summed E-state index contributed by atoms with van der Waals surface area (Å²) in [6.07, 6.45) is 3.81. The summed E-state index contributed by atoms with van der Waals surface area (Å²) < 4.78 is 5.84. The van der Waals surface area contributed by atoms with E-state index in [1.54, 1.807) is 0 Å². The Balaban J connectivity index is 1.75. The lowest BCUT2D eigenvalue weighted by Gasteiger charge is -2.15.